The fourth-order valence-corrected chi connectivity index (χ4v) is 1.86. The van der Waals surface area contributed by atoms with E-state index < -0.39 is 5.97 Å². The molecule has 7 heteroatoms. The van der Waals surface area contributed by atoms with E-state index in [0.717, 1.165) is 11.3 Å². The third-order valence-corrected chi connectivity index (χ3v) is 2.66. The fraction of sp³-hybridized carbons (Fsp3) is 0.455. The average Bonchev–Trinajstić information content (AvgIpc) is 2.83. The molecule has 2 rings (SSSR count). The van der Waals surface area contributed by atoms with Crippen molar-refractivity contribution < 1.29 is 14.3 Å². The molecule has 0 spiro atoms. The molecule has 0 aromatic carbocycles. The number of carbonyl (C=O) groups is 1. The van der Waals surface area contributed by atoms with E-state index in [1.54, 1.807) is 6.92 Å². The van der Waals surface area contributed by atoms with Crippen LogP contribution in [0.3, 0.4) is 0 Å². The molecule has 1 atom stereocenters. The summed E-state index contributed by atoms with van der Waals surface area (Å²) in [4.78, 5) is 10.7. The first kappa shape index (κ1) is 12.3. The Morgan fingerprint density at radius 1 is 1.56 bits per heavy atom. The molecule has 0 amide bonds. The first-order valence-electron chi connectivity index (χ1n) is 5.56. The molecule has 0 saturated heterocycles. The molecule has 18 heavy (non-hydrogen) atoms. The van der Waals surface area contributed by atoms with E-state index in [1.165, 1.54) is 4.68 Å². The molecule has 0 aliphatic heterocycles. The minimum Gasteiger partial charge on any atom is -0.481 e. The molecule has 1 N–H and O–H groups in total. The van der Waals surface area contributed by atoms with Crippen LogP contribution in [0, 0.1) is 13.8 Å². The number of furan rings is 1. The van der Waals surface area contributed by atoms with Crippen molar-refractivity contribution in [2.45, 2.75) is 33.2 Å². The first-order chi connectivity index (χ1) is 8.49. The number of hydrogen-bond donors (Lipinski definition) is 1. The van der Waals surface area contributed by atoms with Gasteiger partial charge in [-0.05, 0) is 37.3 Å². The van der Waals surface area contributed by atoms with Crippen molar-refractivity contribution >= 4 is 5.97 Å². The third kappa shape index (κ3) is 2.24. The summed E-state index contributed by atoms with van der Waals surface area (Å²) in [6.07, 6.45) is -0.0338. The van der Waals surface area contributed by atoms with Crippen molar-refractivity contribution in [2.75, 3.05) is 0 Å². The van der Waals surface area contributed by atoms with Gasteiger partial charge in [0.1, 0.15) is 11.5 Å². The highest BCUT2D eigenvalue weighted by atomic mass is 16.4. The van der Waals surface area contributed by atoms with Crippen LogP contribution in [0.2, 0.25) is 0 Å². The number of carboxylic acids is 1. The summed E-state index contributed by atoms with van der Waals surface area (Å²) in [6.45, 7) is 5.42. The Morgan fingerprint density at radius 2 is 2.28 bits per heavy atom. The van der Waals surface area contributed by atoms with Crippen molar-refractivity contribution in [1.82, 2.24) is 20.2 Å². The van der Waals surface area contributed by atoms with Crippen LogP contribution < -0.4 is 0 Å². The van der Waals surface area contributed by atoms with Crippen molar-refractivity contribution in [3.63, 3.8) is 0 Å². The van der Waals surface area contributed by atoms with Crippen LogP contribution in [-0.2, 0) is 4.79 Å². The predicted molar refractivity (Wildman–Crippen MR) is 62.0 cm³/mol. The fourth-order valence-electron chi connectivity index (χ4n) is 1.86. The highest BCUT2D eigenvalue weighted by Gasteiger charge is 2.20. The summed E-state index contributed by atoms with van der Waals surface area (Å²) in [7, 11) is 0. The SMILES string of the molecule is Cc1cc(-c2nnnn2C(C)CC(=O)O)c(C)o1. The Kier molecular flexibility index (Phi) is 3.14. The third-order valence-electron chi connectivity index (χ3n) is 2.66. The van der Waals surface area contributed by atoms with Gasteiger partial charge in [-0.15, -0.1) is 5.10 Å². The van der Waals surface area contributed by atoms with Crippen LogP contribution in [-0.4, -0.2) is 31.3 Å². The van der Waals surface area contributed by atoms with Gasteiger partial charge in [-0.1, -0.05) is 0 Å². The molecule has 96 valence electrons. The monoisotopic (exact) mass is 250 g/mol. The number of tetrazole rings is 1. The highest BCUT2D eigenvalue weighted by molar-refractivity contribution is 5.67. The van der Waals surface area contributed by atoms with Gasteiger partial charge >= 0.3 is 5.97 Å². The van der Waals surface area contributed by atoms with Crippen molar-refractivity contribution in [3.8, 4) is 11.4 Å². The van der Waals surface area contributed by atoms with E-state index in [4.69, 9.17) is 9.52 Å². The second kappa shape index (κ2) is 4.59. The molecule has 0 radical (unpaired) electrons. The maximum Gasteiger partial charge on any atom is 0.305 e. The smallest absolute Gasteiger partial charge is 0.305 e. The number of aliphatic carboxylic acids is 1. The Morgan fingerprint density at radius 3 is 2.83 bits per heavy atom. The lowest BCUT2D eigenvalue weighted by Crippen LogP contribution is -2.13. The zero-order chi connectivity index (χ0) is 13.3. The molecule has 7 nitrogen and oxygen atoms in total. The number of aryl methyl sites for hydroxylation is 2. The van der Waals surface area contributed by atoms with Crippen LogP contribution in [0.15, 0.2) is 10.5 Å². The van der Waals surface area contributed by atoms with Crippen molar-refractivity contribution in [3.05, 3.63) is 17.6 Å². The minimum absolute atomic E-state index is 0.0338. The lowest BCUT2D eigenvalue weighted by Gasteiger charge is -2.10. The lowest BCUT2D eigenvalue weighted by atomic mass is 10.2. The molecule has 0 aliphatic rings. The molecule has 2 heterocycles. The van der Waals surface area contributed by atoms with Crippen LogP contribution in [0.4, 0.5) is 0 Å². The molecular weight excluding hydrogens is 236 g/mol. The summed E-state index contributed by atoms with van der Waals surface area (Å²) in [5.41, 5.74) is 0.787. The highest BCUT2D eigenvalue weighted by Crippen LogP contribution is 2.26. The zero-order valence-electron chi connectivity index (χ0n) is 10.4. The van der Waals surface area contributed by atoms with E-state index in [2.05, 4.69) is 15.5 Å². The largest absolute Gasteiger partial charge is 0.481 e. The summed E-state index contributed by atoms with van der Waals surface area (Å²) in [6, 6.07) is 1.52. The molecule has 2 aromatic heterocycles. The zero-order valence-corrected chi connectivity index (χ0v) is 10.4. The molecule has 1 unspecified atom stereocenters. The van der Waals surface area contributed by atoms with Crippen LogP contribution in [0.25, 0.3) is 11.4 Å². The Bertz CT molecular complexity index is 573. The topological polar surface area (TPSA) is 94.0 Å². The van der Waals surface area contributed by atoms with Crippen LogP contribution >= 0.6 is 0 Å². The van der Waals surface area contributed by atoms with Gasteiger partial charge in [0.25, 0.3) is 0 Å². The van der Waals surface area contributed by atoms with E-state index in [-0.39, 0.29) is 12.5 Å². The van der Waals surface area contributed by atoms with Gasteiger partial charge in [-0.3, -0.25) is 4.79 Å². The second-order valence-electron chi connectivity index (χ2n) is 4.22. The number of nitrogens with zero attached hydrogens (tertiary/aromatic N) is 4. The number of carboxylic acid groups (broad SMARTS) is 1. The first-order valence-corrected chi connectivity index (χ1v) is 5.56. The van der Waals surface area contributed by atoms with E-state index in [1.807, 2.05) is 19.9 Å². The molecule has 0 saturated carbocycles. The molecule has 0 bridgehead atoms. The normalized spacial score (nSPS) is 12.6. The number of aromatic nitrogens is 4. The average molecular weight is 250 g/mol. The van der Waals surface area contributed by atoms with Crippen molar-refractivity contribution in [2.24, 2.45) is 0 Å². The Hall–Kier alpha value is -2.18. The van der Waals surface area contributed by atoms with Gasteiger partial charge in [0.2, 0.25) is 0 Å². The van der Waals surface area contributed by atoms with E-state index in [9.17, 15) is 4.79 Å². The molecule has 2 aromatic rings. The molecule has 0 aliphatic carbocycles. The standard InChI is InChI=1S/C11H14N4O3/c1-6(4-10(16)17)15-11(12-13-14-15)9-5-7(2)18-8(9)3/h5-6H,4H2,1-3H3,(H,16,17). The number of hydrogen-bond acceptors (Lipinski definition) is 5. The van der Waals surface area contributed by atoms with Gasteiger partial charge in [0.05, 0.1) is 18.0 Å². The van der Waals surface area contributed by atoms with Crippen LogP contribution in [0.5, 0.6) is 0 Å². The molecule has 0 fully saturated rings. The number of rotatable bonds is 4. The summed E-state index contributed by atoms with van der Waals surface area (Å²) < 4.78 is 6.93. The Labute approximate surface area is 103 Å². The second-order valence-corrected chi connectivity index (χ2v) is 4.22. The Balaban J connectivity index is 2.38. The van der Waals surface area contributed by atoms with Gasteiger partial charge in [0.15, 0.2) is 5.82 Å². The molecular formula is C11H14N4O3. The maximum absolute atomic E-state index is 10.7. The minimum atomic E-state index is -0.885. The summed E-state index contributed by atoms with van der Waals surface area (Å²) >= 11 is 0. The van der Waals surface area contributed by atoms with E-state index >= 15 is 0 Å². The van der Waals surface area contributed by atoms with Gasteiger partial charge in [-0.2, -0.15) is 0 Å². The predicted octanol–water partition coefficient (Wildman–Crippen LogP) is 1.59. The summed E-state index contributed by atoms with van der Waals surface area (Å²) in [5, 5.41) is 20.2. The van der Waals surface area contributed by atoms with Gasteiger partial charge < -0.3 is 9.52 Å². The van der Waals surface area contributed by atoms with Gasteiger partial charge in [0, 0.05) is 0 Å². The summed E-state index contributed by atoms with van der Waals surface area (Å²) in [5.74, 6) is 1.12. The van der Waals surface area contributed by atoms with Crippen LogP contribution in [0.1, 0.15) is 30.9 Å². The lowest BCUT2D eigenvalue weighted by molar-refractivity contribution is -0.137. The quantitative estimate of drug-likeness (QED) is 0.885. The van der Waals surface area contributed by atoms with Crippen molar-refractivity contribution in [1.29, 1.82) is 0 Å². The van der Waals surface area contributed by atoms with Gasteiger partial charge in [-0.25, -0.2) is 4.68 Å². The van der Waals surface area contributed by atoms with E-state index in [0.29, 0.717) is 11.6 Å². The maximum atomic E-state index is 10.7.